The van der Waals surface area contributed by atoms with Crippen LogP contribution in [-0.4, -0.2) is 91.9 Å². The van der Waals surface area contributed by atoms with E-state index in [1.807, 2.05) is 57.2 Å². The zero-order valence-corrected chi connectivity index (χ0v) is 35.9. The van der Waals surface area contributed by atoms with Crippen molar-refractivity contribution in [2.24, 2.45) is 0 Å². The third-order valence-corrected chi connectivity index (χ3v) is 12.9. The predicted molar refractivity (Wildman–Crippen MR) is 238 cm³/mol. The van der Waals surface area contributed by atoms with Gasteiger partial charge in [0.2, 0.25) is 11.8 Å². The van der Waals surface area contributed by atoms with Gasteiger partial charge < -0.3 is 29.8 Å². The Morgan fingerprint density at radius 3 is 1.89 bits per heavy atom. The van der Waals surface area contributed by atoms with Crippen molar-refractivity contribution in [3.63, 3.8) is 0 Å². The molecule has 8 rings (SSSR count). The molecule has 316 valence electrons. The maximum Gasteiger partial charge on any atom is 0.407 e. The summed E-state index contributed by atoms with van der Waals surface area (Å²) in [6, 6.07) is 28.0. The first-order valence-corrected chi connectivity index (χ1v) is 22.3. The normalized spacial score (nSPS) is 17.4. The maximum atomic E-state index is 14.2. The van der Waals surface area contributed by atoms with Crippen molar-refractivity contribution in [1.82, 2.24) is 40.0 Å². The second kappa shape index (κ2) is 19.1. The minimum absolute atomic E-state index is 0.0176. The molecule has 0 bridgehead atoms. The Morgan fingerprint density at radius 1 is 0.787 bits per heavy atom. The number of rotatable bonds is 15. The van der Waals surface area contributed by atoms with Crippen LogP contribution in [0.4, 0.5) is 4.79 Å². The monoisotopic (exact) mass is 838 g/mol. The van der Waals surface area contributed by atoms with Gasteiger partial charge in [0.15, 0.2) is 0 Å². The number of likely N-dealkylation sites (N-methyl/N-ethyl adjacent to an activating group) is 1. The fourth-order valence-corrected chi connectivity index (χ4v) is 9.65. The molecule has 3 N–H and O–H groups in total. The van der Waals surface area contributed by atoms with Crippen LogP contribution in [0.1, 0.15) is 86.9 Å². The number of thiophene rings is 1. The van der Waals surface area contributed by atoms with E-state index in [2.05, 4.69) is 94.7 Å². The summed E-state index contributed by atoms with van der Waals surface area (Å²) in [6.45, 7) is 7.17. The summed E-state index contributed by atoms with van der Waals surface area (Å²) in [4.78, 5) is 62.7. The molecule has 3 amide bonds. The van der Waals surface area contributed by atoms with Crippen molar-refractivity contribution in [3.8, 4) is 33.6 Å². The van der Waals surface area contributed by atoms with Gasteiger partial charge in [-0.3, -0.25) is 14.5 Å². The third kappa shape index (κ3) is 9.33. The summed E-state index contributed by atoms with van der Waals surface area (Å²) in [5, 5.41) is 6.87. The van der Waals surface area contributed by atoms with Gasteiger partial charge in [0.25, 0.3) is 0 Å². The highest BCUT2D eigenvalue weighted by atomic mass is 32.1. The molecule has 2 fully saturated rings. The van der Waals surface area contributed by atoms with Gasteiger partial charge in [-0.15, -0.1) is 0 Å². The van der Waals surface area contributed by atoms with Crippen LogP contribution in [0.5, 0.6) is 0 Å². The Bertz CT molecular complexity index is 2370. The van der Waals surface area contributed by atoms with Crippen molar-refractivity contribution < 1.29 is 19.1 Å². The summed E-state index contributed by atoms with van der Waals surface area (Å²) in [7, 11) is 1.33. The predicted octanol–water partition coefficient (Wildman–Crippen LogP) is 8.96. The van der Waals surface area contributed by atoms with Crippen molar-refractivity contribution in [2.75, 3.05) is 33.3 Å². The molecular formula is C48H54N8O4S. The topological polar surface area (TPSA) is 140 Å². The lowest BCUT2D eigenvalue weighted by Gasteiger charge is -2.34. The Morgan fingerprint density at radius 2 is 1.34 bits per heavy atom. The van der Waals surface area contributed by atoms with E-state index in [1.165, 1.54) is 7.11 Å². The zero-order valence-electron chi connectivity index (χ0n) is 35.1. The largest absolute Gasteiger partial charge is 0.453 e. The molecular weight excluding hydrogens is 785 g/mol. The minimum Gasteiger partial charge on any atom is -0.453 e. The summed E-state index contributed by atoms with van der Waals surface area (Å²) >= 11 is 1.59. The molecule has 2 aliphatic rings. The number of aromatic amines is 2. The first kappa shape index (κ1) is 41.7. The lowest BCUT2D eigenvalue weighted by molar-refractivity contribution is -0.138. The summed E-state index contributed by atoms with van der Waals surface area (Å²) < 4.78 is 4.84. The number of methoxy groups -OCH3 is 1. The lowest BCUT2D eigenvalue weighted by Crippen LogP contribution is -2.43. The number of carbonyl (C=O) groups excluding carboxylic acids is 3. The number of aromatic nitrogens is 4. The number of hydrogen-bond donors (Lipinski definition) is 3. The van der Waals surface area contributed by atoms with E-state index < -0.39 is 6.09 Å². The highest BCUT2D eigenvalue weighted by molar-refractivity contribution is 7.07. The van der Waals surface area contributed by atoms with Crippen LogP contribution >= 0.6 is 11.3 Å². The van der Waals surface area contributed by atoms with Gasteiger partial charge in [0.05, 0.1) is 43.0 Å². The van der Waals surface area contributed by atoms with E-state index in [4.69, 9.17) is 14.7 Å². The molecule has 0 spiro atoms. The smallest absolute Gasteiger partial charge is 0.407 e. The van der Waals surface area contributed by atoms with Gasteiger partial charge in [-0.2, -0.15) is 11.3 Å². The molecule has 5 heterocycles. The third-order valence-electron chi connectivity index (χ3n) is 12.2. The van der Waals surface area contributed by atoms with Gasteiger partial charge in [-0.05, 0) is 95.4 Å². The Labute approximate surface area is 361 Å². The average Bonchev–Trinajstić information content (AvgIpc) is 4.16. The number of amides is 3. The van der Waals surface area contributed by atoms with Crippen molar-refractivity contribution in [2.45, 2.75) is 76.5 Å². The second-order valence-electron chi connectivity index (χ2n) is 15.9. The van der Waals surface area contributed by atoms with Crippen LogP contribution in [0.2, 0.25) is 0 Å². The first-order chi connectivity index (χ1) is 29.8. The molecule has 3 aromatic heterocycles. The van der Waals surface area contributed by atoms with Gasteiger partial charge in [-0.25, -0.2) is 14.8 Å². The van der Waals surface area contributed by atoms with Crippen LogP contribution in [-0.2, 0) is 20.7 Å². The first-order valence-electron chi connectivity index (χ1n) is 21.4. The number of imidazole rings is 2. The average molecular weight is 839 g/mol. The van der Waals surface area contributed by atoms with Crippen molar-refractivity contribution in [1.29, 1.82) is 0 Å². The van der Waals surface area contributed by atoms with Crippen LogP contribution in [0, 0.1) is 0 Å². The van der Waals surface area contributed by atoms with Crippen LogP contribution in [0.3, 0.4) is 0 Å². The molecule has 0 aliphatic carbocycles. The van der Waals surface area contributed by atoms with Gasteiger partial charge in [0, 0.05) is 25.6 Å². The Balaban J connectivity index is 0.907. The number of H-pyrrole nitrogens is 2. The zero-order chi connectivity index (χ0) is 42.3. The summed E-state index contributed by atoms with van der Waals surface area (Å²) in [5.74, 6) is 1.71. The van der Waals surface area contributed by atoms with Gasteiger partial charge >= 0.3 is 6.09 Å². The SMILES string of the molecule is CCN(CC)C(C(=O)N1CCC[C@H]1c1ncc(-c2ccc(-c3ccc(-c4cnc([C@@H]5CCCN5C(=O)C[C@@H](Cc5ccsc5)NC(=O)OC)[nH]4)cc3)cc2)[nH]1)c1ccccc1. The molecule has 6 aromatic rings. The fourth-order valence-electron chi connectivity index (χ4n) is 8.97. The van der Waals surface area contributed by atoms with Crippen molar-refractivity contribution >= 4 is 29.2 Å². The molecule has 0 radical (unpaired) electrons. The number of nitrogens with zero attached hydrogens (tertiary/aromatic N) is 5. The Hall–Kier alpha value is -6.05. The second-order valence-corrected chi connectivity index (χ2v) is 16.6. The number of hydrogen-bond acceptors (Lipinski definition) is 8. The highest BCUT2D eigenvalue weighted by Gasteiger charge is 2.38. The van der Waals surface area contributed by atoms with E-state index in [1.54, 1.807) is 11.3 Å². The van der Waals surface area contributed by atoms with Crippen molar-refractivity contribution in [3.05, 3.63) is 131 Å². The quantitative estimate of drug-likeness (QED) is 0.0939. The molecule has 61 heavy (non-hydrogen) atoms. The summed E-state index contributed by atoms with van der Waals surface area (Å²) in [6.07, 6.45) is 7.42. The number of benzene rings is 3. The Kier molecular flexibility index (Phi) is 13.1. The van der Waals surface area contributed by atoms with E-state index in [9.17, 15) is 14.4 Å². The molecule has 3 aromatic carbocycles. The molecule has 13 heteroatoms. The van der Waals surface area contributed by atoms with Gasteiger partial charge in [-0.1, -0.05) is 92.7 Å². The number of likely N-dealkylation sites (tertiary alicyclic amines) is 2. The molecule has 2 saturated heterocycles. The lowest BCUT2D eigenvalue weighted by atomic mass is 10.0. The number of ether oxygens (including phenoxy) is 1. The standard InChI is InChI=1S/C48H54N8O4S/c1-4-54(5-2)44(37-11-7-6-8-12-37)47(58)56-25-10-14-42(56)46-50-30-40(53-46)36-21-17-34(18-22-36)33-15-19-35(20-16-33)39-29-49-45(52-39)41-13-9-24-55(41)43(57)28-38(51-48(59)60-3)27-32-23-26-61-31-32/h6-8,11-12,15-23,26,29-31,38,41-42,44H,4-5,9-10,13-14,24-25,27-28H2,1-3H3,(H,49,52)(H,50,53)(H,51,59)/t38-,41+,42+,44?/m1/s1. The fraction of sp³-hybridized carbons (Fsp3) is 0.354. The molecule has 4 atom stereocenters. The van der Waals surface area contributed by atoms with E-state index in [0.29, 0.717) is 13.0 Å². The number of alkyl carbamates (subject to hydrolysis) is 1. The molecule has 2 aliphatic heterocycles. The number of carbonyl (C=O) groups is 3. The van der Waals surface area contributed by atoms with E-state index in [-0.39, 0.29) is 42.4 Å². The van der Waals surface area contributed by atoms with E-state index in [0.717, 1.165) is 102 Å². The maximum absolute atomic E-state index is 14.2. The molecule has 12 nitrogen and oxygen atoms in total. The highest BCUT2D eigenvalue weighted by Crippen LogP contribution is 2.37. The summed E-state index contributed by atoms with van der Waals surface area (Å²) in [5.41, 5.74) is 8.13. The number of nitrogens with one attached hydrogen (secondary N) is 3. The van der Waals surface area contributed by atoms with Crippen LogP contribution in [0.25, 0.3) is 33.6 Å². The van der Waals surface area contributed by atoms with Crippen LogP contribution in [0.15, 0.2) is 108 Å². The van der Waals surface area contributed by atoms with Crippen LogP contribution < -0.4 is 5.32 Å². The van der Waals surface area contributed by atoms with Gasteiger partial charge in [0.1, 0.15) is 17.7 Å². The molecule has 1 unspecified atom stereocenters. The minimum atomic E-state index is -0.543. The molecule has 0 saturated carbocycles. The van der Waals surface area contributed by atoms with E-state index >= 15 is 0 Å².